The van der Waals surface area contributed by atoms with Gasteiger partial charge in [0.25, 0.3) is 0 Å². The third-order valence-corrected chi connectivity index (χ3v) is 5.93. The molecular weight excluding hydrogens is 312 g/mol. The first-order chi connectivity index (χ1) is 10.9. The molecule has 23 heavy (non-hydrogen) atoms. The maximum Gasteiger partial charge on any atom is 0.307 e. The Hall–Kier alpha value is -0.710. The van der Waals surface area contributed by atoms with Gasteiger partial charge in [0.05, 0.1) is 12.8 Å². The van der Waals surface area contributed by atoms with E-state index >= 15 is 0 Å². The van der Waals surface area contributed by atoms with Crippen molar-refractivity contribution in [1.29, 1.82) is 0 Å². The Morgan fingerprint density at radius 2 is 1.13 bits per heavy atom. The summed E-state index contributed by atoms with van der Waals surface area (Å²) in [6, 6.07) is 0. The molecule has 0 aromatic carbocycles. The lowest BCUT2D eigenvalue weighted by molar-refractivity contribution is -0.157. The quantitative estimate of drug-likeness (QED) is 0.487. The van der Waals surface area contributed by atoms with Crippen LogP contribution in [0, 0.1) is 0 Å². The van der Waals surface area contributed by atoms with E-state index in [1.807, 2.05) is 13.8 Å². The maximum atomic E-state index is 11.8. The van der Waals surface area contributed by atoms with Crippen molar-refractivity contribution in [1.82, 2.24) is 0 Å². The van der Waals surface area contributed by atoms with Crippen LogP contribution in [-0.4, -0.2) is 34.6 Å². The Labute approximate surface area is 144 Å². The van der Waals surface area contributed by atoms with Gasteiger partial charge in [0.1, 0.15) is 11.2 Å². The number of thioether (sulfide) groups is 1. The van der Waals surface area contributed by atoms with E-state index in [2.05, 4.69) is 0 Å². The summed E-state index contributed by atoms with van der Waals surface area (Å²) in [5, 5.41) is 0. The fourth-order valence-electron chi connectivity index (χ4n) is 3.51. The van der Waals surface area contributed by atoms with Gasteiger partial charge in [0.15, 0.2) is 0 Å². The predicted molar refractivity (Wildman–Crippen MR) is 92.5 cm³/mol. The highest BCUT2D eigenvalue weighted by atomic mass is 32.2. The van der Waals surface area contributed by atoms with E-state index in [-0.39, 0.29) is 23.1 Å². The highest BCUT2D eigenvalue weighted by Gasteiger charge is 2.33. The molecule has 0 aliphatic heterocycles. The average Bonchev–Trinajstić information content (AvgIpc) is 3.07. The lowest BCUT2D eigenvalue weighted by atomic mass is 10.1. The number of esters is 2. The number of ether oxygens (including phenoxy) is 2. The maximum absolute atomic E-state index is 11.8. The molecule has 0 radical (unpaired) electrons. The van der Waals surface area contributed by atoms with Gasteiger partial charge in [-0.15, -0.1) is 0 Å². The molecule has 0 spiro atoms. The number of carbonyl (C=O) groups excluding carboxylic acids is 2. The number of carbonyl (C=O) groups is 2. The van der Waals surface area contributed by atoms with Crippen molar-refractivity contribution >= 4 is 23.7 Å². The molecule has 0 aromatic rings. The van der Waals surface area contributed by atoms with Crippen LogP contribution in [-0.2, 0) is 19.1 Å². The van der Waals surface area contributed by atoms with Gasteiger partial charge < -0.3 is 9.47 Å². The summed E-state index contributed by atoms with van der Waals surface area (Å²) in [4.78, 5) is 23.7. The molecule has 132 valence electrons. The van der Waals surface area contributed by atoms with Crippen molar-refractivity contribution in [3.8, 4) is 0 Å². The summed E-state index contributed by atoms with van der Waals surface area (Å²) in [5.41, 5.74) is -0.468. The number of rotatable bonds is 8. The molecule has 2 rings (SSSR count). The highest BCUT2D eigenvalue weighted by Crippen LogP contribution is 2.33. The largest absolute Gasteiger partial charge is 0.459 e. The summed E-state index contributed by atoms with van der Waals surface area (Å²) >= 11 is 1.62. The molecule has 0 bridgehead atoms. The zero-order chi connectivity index (χ0) is 16.8. The normalized spacial score (nSPS) is 22.0. The fraction of sp³-hybridized carbons (Fsp3) is 0.889. The van der Waals surface area contributed by atoms with Gasteiger partial charge in [-0.1, -0.05) is 0 Å². The first-order valence-electron chi connectivity index (χ1n) is 8.92. The van der Waals surface area contributed by atoms with E-state index in [1.54, 1.807) is 11.8 Å². The Balaban J connectivity index is 1.51. The zero-order valence-electron chi connectivity index (χ0n) is 14.5. The SMILES string of the molecule is CC1(OC(=O)CCSCCC(=O)OC2(C)CCCC2)CCCC1. The zero-order valence-corrected chi connectivity index (χ0v) is 15.3. The van der Waals surface area contributed by atoms with Gasteiger partial charge >= 0.3 is 11.9 Å². The topological polar surface area (TPSA) is 52.6 Å². The molecule has 0 saturated heterocycles. The molecule has 2 fully saturated rings. The molecule has 0 unspecified atom stereocenters. The second kappa shape index (κ2) is 8.41. The molecular formula is C18H30O4S. The highest BCUT2D eigenvalue weighted by molar-refractivity contribution is 7.99. The molecule has 0 N–H and O–H groups in total. The molecule has 2 saturated carbocycles. The molecule has 0 atom stereocenters. The average molecular weight is 343 g/mol. The van der Waals surface area contributed by atoms with Crippen LogP contribution in [0.5, 0.6) is 0 Å². The first-order valence-corrected chi connectivity index (χ1v) is 10.1. The molecule has 4 nitrogen and oxygen atoms in total. The Morgan fingerprint density at radius 3 is 1.48 bits per heavy atom. The van der Waals surface area contributed by atoms with Crippen LogP contribution in [0.1, 0.15) is 78.1 Å². The lowest BCUT2D eigenvalue weighted by Gasteiger charge is -2.24. The van der Waals surface area contributed by atoms with E-state index in [1.165, 1.54) is 0 Å². The van der Waals surface area contributed by atoms with Crippen LogP contribution in [0.3, 0.4) is 0 Å². The molecule has 2 aliphatic carbocycles. The molecule has 5 heteroatoms. The molecule has 0 amide bonds. The predicted octanol–water partition coefficient (Wildman–Crippen LogP) is 4.25. The monoisotopic (exact) mass is 342 g/mol. The molecule has 2 aliphatic rings. The first kappa shape index (κ1) is 18.6. The van der Waals surface area contributed by atoms with Gasteiger partial charge in [-0.3, -0.25) is 9.59 Å². The minimum absolute atomic E-state index is 0.108. The fourth-order valence-corrected chi connectivity index (χ4v) is 4.34. The Kier molecular flexibility index (Phi) is 6.81. The summed E-state index contributed by atoms with van der Waals surface area (Å²) in [5.74, 6) is 1.20. The van der Waals surface area contributed by atoms with Crippen LogP contribution in [0.25, 0.3) is 0 Å². The van der Waals surface area contributed by atoms with Crippen molar-refractivity contribution in [2.75, 3.05) is 11.5 Å². The van der Waals surface area contributed by atoms with Gasteiger partial charge in [0, 0.05) is 11.5 Å². The van der Waals surface area contributed by atoms with E-state index in [4.69, 9.17) is 9.47 Å². The standard InChI is InChI=1S/C18H30O4S/c1-17(9-3-4-10-17)21-15(19)7-13-23-14-8-16(20)22-18(2)11-5-6-12-18/h3-14H2,1-2H3. The van der Waals surface area contributed by atoms with Gasteiger partial charge in [-0.25, -0.2) is 0 Å². The van der Waals surface area contributed by atoms with Crippen molar-refractivity contribution in [3.63, 3.8) is 0 Å². The second-order valence-electron chi connectivity index (χ2n) is 7.37. The second-order valence-corrected chi connectivity index (χ2v) is 8.60. The van der Waals surface area contributed by atoms with Crippen molar-refractivity contribution in [3.05, 3.63) is 0 Å². The molecule has 0 aromatic heterocycles. The lowest BCUT2D eigenvalue weighted by Crippen LogP contribution is -2.28. The van der Waals surface area contributed by atoms with E-state index < -0.39 is 0 Å². The van der Waals surface area contributed by atoms with Crippen molar-refractivity contribution < 1.29 is 19.1 Å². The minimum Gasteiger partial charge on any atom is -0.459 e. The Morgan fingerprint density at radius 1 is 0.783 bits per heavy atom. The van der Waals surface area contributed by atoms with Gasteiger partial charge in [-0.05, 0) is 65.2 Å². The van der Waals surface area contributed by atoms with Crippen LogP contribution >= 0.6 is 11.8 Å². The third kappa shape index (κ3) is 6.36. The van der Waals surface area contributed by atoms with Crippen molar-refractivity contribution in [2.24, 2.45) is 0 Å². The number of hydrogen-bond acceptors (Lipinski definition) is 5. The number of hydrogen-bond donors (Lipinski definition) is 0. The Bertz CT molecular complexity index is 371. The van der Waals surface area contributed by atoms with Crippen LogP contribution in [0.4, 0.5) is 0 Å². The summed E-state index contributed by atoms with van der Waals surface area (Å²) in [6.45, 7) is 4.06. The van der Waals surface area contributed by atoms with E-state index in [9.17, 15) is 9.59 Å². The van der Waals surface area contributed by atoms with Crippen LogP contribution in [0.2, 0.25) is 0 Å². The minimum atomic E-state index is -0.234. The summed E-state index contributed by atoms with van der Waals surface area (Å²) in [7, 11) is 0. The molecule has 0 heterocycles. The summed E-state index contributed by atoms with van der Waals surface area (Å²) in [6.07, 6.45) is 9.39. The van der Waals surface area contributed by atoms with Gasteiger partial charge in [-0.2, -0.15) is 11.8 Å². The van der Waals surface area contributed by atoms with Crippen molar-refractivity contribution in [2.45, 2.75) is 89.3 Å². The van der Waals surface area contributed by atoms with E-state index in [0.717, 1.165) is 51.4 Å². The van der Waals surface area contributed by atoms with Gasteiger partial charge in [0.2, 0.25) is 0 Å². The van der Waals surface area contributed by atoms with Crippen LogP contribution < -0.4 is 0 Å². The summed E-state index contributed by atoms with van der Waals surface area (Å²) < 4.78 is 11.2. The third-order valence-electron chi connectivity index (χ3n) is 4.94. The smallest absolute Gasteiger partial charge is 0.307 e. The van der Waals surface area contributed by atoms with E-state index in [0.29, 0.717) is 24.3 Å². The van der Waals surface area contributed by atoms with Crippen LogP contribution in [0.15, 0.2) is 0 Å².